The molecule has 1 fully saturated rings. The van der Waals surface area contributed by atoms with Crippen LogP contribution in [0.3, 0.4) is 0 Å². The minimum Gasteiger partial charge on any atom is -0.495 e. The molecule has 1 aliphatic rings. The molecule has 2 aromatic rings. The summed E-state index contributed by atoms with van der Waals surface area (Å²) in [6, 6.07) is 8.46. The summed E-state index contributed by atoms with van der Waals surface area (Å²) in [5, 5.41) is 12.0. The lowest BCUT2D eigenvalue weighted by Crippen LogP contribution is -2.27. The van der Waals surface area contributed by atoms with Crippen LogP contribution in [0.2, 0.25) is 0 Å². The molecule has 24 heavy (non-hydrogen) atoms. The summed E-state index contributed by atoms with van der Waals surface area (Å²) >= 11 is 0. The summed E-state index contributed by atoms with van der Waals surface area (Å²) in [5.74, 6) is 1.55. The molecule has 0 aliphatic carbocycles. The molecule has 0 spiro atoms. The number of nitrogens with one attached hydrogen (secondary N) is 1. The van der Waals surface area contributed by atoms with E-state index in [2.05, 4.69) is 45.3 Å². The molecule has 0 unspecified atom stereocenters. The van der Waals surface area contributed by atoms with Crippen LogP contribution in [0.5, 0.6) is 5.75 Å². The Morgan fingerprint density at radius 3 is 2.71 bits per heavy atom. The molecule has 1 saturated heterocycles. The van der Waals surface area contributed by atoms with E-state index >= 15 is 0 Å². The number of ether oxygens (including phenoxy) is 1. The first kappa shape index (κ1) is 16.5. The van der Waals surface area contributed by atoms with Gasteiger partial charge in [0.25, 0.3) is 0 Å². The summed E-state index contributed by atoms with van der Waals surface area (Å²) < 4.78 is 5.47. The highest BCUT2D eigenvalue weighted by atomic mass is 16.5. The van der Waals surface area contributed by atoms with Gasteiger partial charge in [-0.15, -0.1) is 5.10 Å². The smallest absolute Gasteiger partial charge is 0.243 e. The van der Waals surface area contributed by atoms with E-state index < -0.39 is 0 Å². The zero-order valence-corrected chi connectivity index (χ0v) is 14.6. The van der Waals surface area contributed by atoms with Gasteiger partial charge < -0.3 is 15.0 Å². The van der Waals surface area contributed by atoms with Gasteiger partial charge in [0, 0.05) is 19.1 Å². The van der Waals surface area contributed by atoms with Crippen molar-refractivity contribution in [3.63, 3.8) is 0 Å². The molecular weight excluding hydrogens is 302 g/mol. The summed E-state index contributed by atoms with van der Waals surface area (Å²) in [6.07, 6.45) is 2.79. The Kier molecular flexibility index (Phi) is 5.13. The Morgan fingerprint density at radius 1 is 1.17 bits per heavy atom. The van der Waals surface area contributed by atoms with E-state index in [-0.39, 0.29) is 0 Å². The topological polar surface area (TPSA) is 63.2 Å². The van der Waals surface area contributed by atoms with Crippen LogP contribution in [0.1, 0.15) is 31.7 Å². The van der Waals surface area contributed by atoms with E-state index in [4.69, 9.17) is 4.74 Å². The van der Waals surface area contributed by atoms with Crippen LogP contribution in [0.25, 0.3) is 0 Å². The predicted octanol–water partition coefficient (Wildman–Crippen LogP) is 2.70. The fourth-order valence-electron chi connectivity index (χ4n) is 3.17. The second-order valence-corrected chi connectivity index (χ2v) is 5.98. The number of rotatable bonds is 6. The van der Waals surface area contributed by atoms with Crippen molar-refractivity contribution in [1.82, 2.24) is 15.2 Å². The van der Waals surface area contributed by atoms with E-state index in [1.807, 2.05) is 18.2 Å². The number of para-hydroxylation sites is 2. The third-order valence-electron chi connectivity index (χ3n) is 4.46. The Labute approximate surface area is 143 Å². The van der Waals surface area contributed by atoms with Crippen LogP contribution in [0.4, 0.5) is 11.6 Å². The van der Waals surface area contributed by atoms with Crippen molar-refractivity contribution in [2.75, 3.05) is 30.4 Å². The van der Waals surface area contributed by atoms with E-state index in [0.717, 1.165) is 55.2 Å². The standard InChI is InChI=1S/C18H25N5O/c1-4-14-15(5-2)21-22-18(20-14)19-13-10-11-23(12-13)16-8-6-7-9-17(16)24-3/h6-9,13H,4-5,10-12H2,1-3H3,(H,19,20,22)/t13-/m1/s1. The second-order valence-electron chi connectivity index (χ2n) is 5.98. The number of aromatic nitrogens is 3. The number of methoxy groups -OCH3 is 1. The maximum Gasteiger partial charge on any atom is 0.243 e. The van der Waals surface area contributed by atoms with Crippen molar-refractivity contribution in [3.8, 4) is 5.75 Å². The molecule has 0 bridgehead atoms. The SMILES string of the molecule is CCc1nnc(N[C@@H]2CCN(c3ccccc3OC)C2)nc1CC. The van der Waals surface area contributed by atoms with Crippen molar-refractivity contribution in [2.24, 2.45) is 0 Å². The quantitative estimate of drug-likeness (QED) is 0.880. The number of anilines is 2. The Morgan fingerprint density at radius 2 is 1.96 bits per heavy atom. The molecule has 0 amide bonds. The van der Waals surface area contributed by atoms with Gasteiger partial charge >= 0.3 is 0 Å². The molecule has 1 aliphatic heterocycles. The molecule has 1 N–H and O–H groups in total. The third kappa shape index (κ3) is 3.42. The molecule has 1 aromatic heterocycles. The monoisotopic (exact) mass is 327 g/mol. The van der Waals surface area contributed by atoms with E-state index in [1.165, 1.54) is 0 Å². The summed E-state index contributed by atoms with van der Waals surface area (Å²) in [4.78, 5) is 6.97. The van der Waals surface area contributed by atoms with Gasteiger partial charge in [0.05, 0.1) is 24.2 Å². The third-order valence-corrected chi connectivity index (χ3v) is 4.46. The molecule has 1 atom stereocenters. The predicted molar refractivity (Wildman–Crippen MR) is 95.8 cm³/mol. The highest BCUT2D eigenvalue weighted by Crippen LogP contribution is 2.30. The van der Waals surface area contributed by atoms with E-state index in [9.17, 15) is 0 Å². The molecule has 0 saturated carbocycles. The van der Waals surface area contributed by atoms with E-state index in [1.54, 1.807) is 7.11 Å². The van der Waals surface area contributed by atoms with Gasteiger partial charge in [-0.05, 0) is 31.4 Å². The largest absolute Gasteiger partial charge is 0.495 e. The van der Waals surface area contributed by atoms with Crippen LogP contribution >= 0.6 is 0 Å². The van der Waals surface area contributed by atoms with Crippen LogP contribution < -0.4 is 15.0 Å². The highest BCUT2D eigenvalue weighted by molar-refractivity contribution is 5.59. The number of hydrogen-bond donors (Lipinski definition) is 1. The number of benzene rings is 1. The van der Waals surface area contributed by atoms with Crippen molar-refractivity contribution >= 4 is 11.6 Å². The first-order valence-electron chi connectivity index (χ1n) is 8.62. The second kappa shape index (κ2) is 7.47. The van der Waals surface area contributed by atoms with Gasteiger partial charge in [0.1, 0.15) is 5.75 Å². The van der Waals surface area contributed by atoms with Gasteiger partial charge in [-0.2, -0.15) is 5.10 Å². The lowest BCUT2D eigenvalue weighted by Gasteiger charge is -2.21. The normalized spacial score (nSPS) is 17.1. The maximum atomic E-state index is 5.47. The van der Waals surface area contributed by atoms with Gasteiger partial charge in [-0.1, -0.05) is 26.0 Å². The minimum atomic E-state index is 0.314. The van der Waals surface area contributed by atoms with Crippen LogP contribution in [0.15, 0.2) is 24.3 Å². The van der Waals surface area contributed by atoms with Gasteiger partial charge in [0.15, 0.2) is 0 Å². The Hall–Kier alpha value is -2.37. The van der Waals surface area contributed by atoms with Crippen molar-refractivity contribution in [1.29, 1.82) is 0 Å². The summed E-state index contributed by atoms with van der Waals surface area (Å²) in [5.41, 5.74) is 3.17. The maximum absolute atomic E-state index is 5.47. The van der Waals surface area contributed by atoms with Crippen LogP contribution in [-0.2, 0) is 12.8 Å². The molecule has 0 radical (unpaired) electrons. The van der Waals surface area contributed by atoms with Crippen LogP contribution in [-0.4, -0.2) is 41.4 Å². The van der Waals surface area contributed by atoms with Gasteiger partial charge in [-0.25, -0.2) is 4.98 Å². The van der Waals surface area contributed by atoms with Crippen LogP contribution in [0, 0.1) is 0 Å². The first-order chi connectivity index (χ1) is 11.7. The Balaban J connectivity index is 1.68. The summed E-state index contributed by atoms with van der Waals surface area (Å²) in [7, 11) is 1.71. The zero-order chi connectivity index (χ0) is 16.9. The van der Waals surface area contributed by atoms with E-state index in [0.29, 0.717) is 12.0 Å². The number of aryl methyl sites for hydroxylation is 2. The van der Waals surface area contributed by atoms with Crippen molar-refractivity contribution < 1.29 is 4.74 Å². The fraction of sp³-hybridized carbons (Fsp3) is 0.500. The number of nitrogens with zero attached hydrogens (tertiary/aromatic N) is 4. The Bertz CT molecular complexity index is 691. The first-order valence-corrected chi connectivity index (χ1v) is 8.62. The minimum absolute atomic E-state index is 0.314. The molecule has 128 valence electrons. The molecule has 6 nitrogen and oxygen atoms in total. The average molecular weight is 327 g/mol. The fourth-order valence-corrected chi connectivity index (χ4v) is 3.17. The number of hydrogen-bond acceptors (Lipinski definition) is 6. The molecule has 3 rings (SSSR count). The summed E-state index contributed by atoms with van der Waals surface area (Å²) in [6.45, 7) is 6.08. The lowest BCUT2D eigenvalue weighted by molar-refractivity contribution is 0.415. The highest BCUT2D eigenvalue weighted by Gasteiger charge is 2.25. The van der Waals surface area contributed by atoms with Crippen molar-refractivity contribution in [2.45, 2.75) is 39.2 Å². The van der Waals surface area contributed by atoms with Gasteiger partial charge in [-0.3, -0.25) is 0 Å². The molecule has 1 aromatic carbocycles. The van der Waals surface area contributed by atoms with Crippen molar-refractivity contribution in [3.05, 3.63) is 35.7 Å². The molecule has 6 heteroatoms. The molecule has 2 heterocycles. The molecular formula is C18H25N5O. The zero-order valence-electron chi connectivity index (χ0n) is 14.6. The lowest BCUT2D eigenvalue weighted by atomic mass is 10.2. The van der Waals surface area contributed by atoms with Gasteiger partial charge in [0.2, 0.25) is 5.95 Å². The average Bonchev–Trinajstić information content (AvgIpc) is 3.09.